The number of aromatic nitrogens is 3. The molecule has 6 heteroatoms. The molecule has 6 nitrogen and oxygen atoms in total. The van der Waals surface area contributed by atoms with Crippen molar-refractivity contribution >= 4 is 22.8 Å². The molecule has 0 bridgehead atoms. The molecule has 4 heterocycles. The highest BCUT2D eigenvalue weighted by atomic mass is 16.2. The van der Waals surface area contributed by atoms with Crippen molar-refractivity contribution in [3.8, 4) is 0 Å². The van der Waals surface area contributed by atoms with Crippen molar-refractivity contribution in [2.45, 2.75) is 52.4 Å². The summed E-state index contributed by atoms with van der Waals surface area (Å²) < 4.78 is 0. The molecule has 0 unspecified atom stereocenters. The second-order valence-electron chi connectivity index (χ2n) is 7.68. The van der Waals surface area contributed by atoms with E-state index >= 15 is 0 Å². The van der Waals surface area contributed by atoms with Crippen molar-refractivity contribution in [3.63, 3.8) is 0 Å². The Morgan fingerprint density at radius 3 is 2.56 bits per heavy atom. The largest absolute Gasteiger partial charge is 0.369 e. The summed E-state index contributed by atoms with van der Waals surface area (Å²) in [5, 5.41) is 0. The molecular formula is C21H29N5O. The van der Waals surface area contributed by atoms with Gasteiger partial charge < -0.3 is 9.80 Å². The van der Waals surface area contributed by atoms with Gasteiger partial charge in [0, 0.05) is 26.2 Å². The third-order valence-electron chi connectivity index (χ3n) is 5.89. The molecule has 2 fully saturated rings. The molecular weight excluding hydrogens is 338 g/mol. The topological polar surface area (TPSA) is 62.2 Å². The molecule has 27 heavy (non-hydrogen) atoms. The number of piperidine rings is 1. The molecule has 4 rings (SSSR count). The van der Waals surface area contributed by atoms with Gasteiger partial charge in [0.1, 0.15) is 5.52 Å². The molecule has 0 N–H and O–H groups in total. The van der Waals surface area contributed by atoms with Crippen LogP contribution in [-0.2, 0) is 17.6 Å². The highest BCUT2D eigenvalue weighted by Gasteiger charge is 2.30. The van der Waals surface area contributed by atoms with E-state index in [2.05, 4.69) is 34.7 Å². The molecule has 2 aliphatic heterocycles. The molecule has 2 aromatic rings. The van der Waals surface area contributed by atoms with Gasteiger partial charge in [0.2, 0.25) is 5.91 Å². The number of hydrogen-bond acceptors (Lipinski definition) is 5. The second kappa shape index (κ2) is 7.79. The van der Waals surface area contributed by atoms with E-state index in [4.69, 9.17) is 9.97 Å². The number of hydrogen-bond donors (Lipinski definition) is 0. The molecule has 2 saturated heterocycles. The molecule has 0 aromatic carbocycles. The predicted molar refractivity (Wildman–Crippen MR) is 107 cm³/mol. The summed E-state index contributed by atoms with van der Waals surface area (Å²) in [7, 11) is 0. The zero-order valence-corrected chi connectivity index (χ0v) is 16.4. The first-order valence-corrected chi connectivity index (χ1v) is 10.4. The van der Waals surface area contributed by atoms with Crippen molar-refractivity contribution in [2.75, 3.05) is 31.1 Å². The molecule has 0 aliphatic carbocycles. The van der Waals surface area contributed by atoms with Crippen LogP contribution in [0.2, 0.25) is 0 Å². The Morgan fingerprint density at radius 1 is 1.07 bits per heavy atom. The zero-order valence-electron chi connectivity index (χ0n) is 16.4. The van der Waals surface area contributed by atoms with Crippen molar-refractivity contribution in [3.05, 3.63) is 23.7 Å². The Morgan fingerprint density at radius 2 is 1.81 bits per heavy atom. The second-order valence-corrected chi connectivity index (χ2v) is 7.68. The van der Waals surface area contributed by atoms with Gasteiger partial charge in [0.05, 0.1) is 29.2 Å². The summed E-state index contributed by atoms with van der Waals surface area (Å²) in [5.41, 5.74) is 4.73. The van der Waals surface area contributed by atoms with Crippen LogP contribution in [-0.4, -0.2) is 51.9 Å². The lowest BCUT2D eigenvalue weighted by Gasteiger charge is -2.35. The van der Waals surface area contributed by atoms with Crippen LogP contribution < -0.4 is 4.90 Å². The fourth-order valence-corrected chi connectivity index (χ4v) is 4.35. The lowest BCUT2D eigenvalue weighted by molar-refractivity contribution is -0.134. The quantitative estimate of drug-likeness (QED) is 0.831. The lowest BCUT2D eigenvalue weighted by Crippen LogP contribution is -2.44. The van der Waals surface area contributed by atoms with Crippen LogP contribution in [0, 0.1) is 5.92 Å². The summed E-state index contributed by atoms with van der Waals surface area (Å²) in [6.45, 7) is 7.84. The van der Waals surface area contributed by atoms with Crippen LogP contribution in [0.5, 0.6) is 0 Å². The van der Waals surface area contributed by atoms with Gasteiger partial charge in [-0.15, -0.1) is 0 Å². The van der Waals surface area contributed by atoms with Crippen LogP contribution in [0.1, 0.15) is 50.9 Å². The van der Waals surface area contributed by atoms with E-state index in [1.54, 1.807) is 0 Å². The van der Waals surface area contributed by atoms with Crippen LogP contribution >= 0.6 is 0 Å². The number of amides is 1. The average molecular weight is 367 g/mol. The Labute approximate surface area is 161 Å². The number of pyridine rings is 1. The first-order valence-electron chi connectivity index (χ1n) is 10.4. The maximum atomic E-state index is 12.8. The molecule has 1 amide bonds. The minimum absolute atomic E-state index is 0.104. The fraction of sp³-hybridized carbons (Fsp3) is 0.619. The maximum Gasteiger partial charge on any atom is 0.227 e. The van der Waals surface area contributed by atoms with Crippen molar-refractivity contribution in [2.24, 2.45) is 5.92 Å². The van der Waals surface area contributed by atoms with Gasteiger partial charge >= 0.3 is 0 Å². The number of fused-ring (bicyclic) bond motifs is 1. The van der Waals surface area contributed by atoms with E-state index in [0.29, 0.717) is 5.91 Å². The Bertz CT molecular complexity index is 831. The van der Waals surface area contributed by atoms with E-state index < -0.39 is 0 Å². The number of likely N-dealkylation sites (tertiary alicyclic amines) is 1. The van der Waals surface area contributed by atoms with Gasteiger partial charge in [-0.3, -0.25) is 4.79 Å². The first-order chi connectivity index (χ1) is 13.2. The van der Waals surface area contributed by atoms with Crippen molar-refractivity contribution in [1.82, 2.24) is 19.9 Å². The highest BCUT2D eigenvalue weighted by Crippen LogP contribution is 2.27. The summed E-state index contributed by atoms with van der Waals surface area (Å²) in [4.78, 5) is 31.2. The molecule has 1 atom stereocenters. The smallest absolute Gasteiger partial charge is 0.227 e. The fourth-order valence-electron chi connectivity index (χ4n) is 4.35. The Balaban J connectivity index is 1.56. The molecule has 2 aromatic heterocycles. The third-order valence-corrected chi connectivity index (χ3v) is 5.89. The maximum absolute atomic E-state index is 12.8. The normalized spacial score (nSPS) is 20.4. The van der Waals surface area contributed by atoms with Gasteiger partial charge in [0.15, 0.2) is 5.65 Å². The molecule has 0 spiro atoms. The van der Waals surface area contributed by atoms with Crippen LogP contribution in [0.25, 0.3) is 11.2 Å². The number of anilines is 1. The molecule has 2 aliphatic rings. The van der Waals surface area contributed by atoms with Crippen LogP contribution in [0.15, 0.2) is 12.3 Å². The van der Waals surface area contributed by atoms with Crippen molar-refractivity contribution < 1.29 is 4.79 Å². The number of rotatable bonds is 4. The summed E-state index contributed by atoms with van der Waals surface area (Å²) in [6.07, 6.45) is 7.98. The van der Waals surface area contributed by atoms with Gasteiger partial charge in [-0.2, -0.15) is 0 Å². The minimum Gasteiger partial charge on any atom is -0.369 e. The van der Waals surface area contributed by atoms with Crippen molar-refractivity contribution in [1.29, 1.82) is 0 Å². The summed E-state index contributed by atoms with van der Waals surface area (Å²) in [5.74, 6) is 0.443. The average Bonchev–Trinajstić information content (AvgIpc) is 3.26. The van der Waals surface area contributed by atoms with Crippen LogP contribution in [0.4, 0.5) is 5.69 Å². The van der Waals surface area contributed by atoms with Gasteiger partial charge in [0.25, 0.3) is 0 Å². The third kappa shape index (κ3) is 3.62. The molecule has 0 saturated carbocycles. The minimum atomic E-state index is 0.104. The van der Waals surface area contributed by atoms with Gasteiger partial charge in [-0.25, -0.2) is 15.0 Å². The van der Waals surface area contributed by atoms with E-state index in [1.165, 1.54) is 0 Å². The summed E-state index contributed by atoms with van der Waals surface area (Å²) in [6, 6.07) is 2.09. The van der Waals surface area contributed by atoms with E-state index in [9.17, 15) is 4.79 Å². The van der Waals surface area contributed by atoms with Crippen LogP contribution in [0.3, 0.4) is 0 Å². The molecule has 0 radical (unpaired) electrons. The standard InChI is InChI=1S/C21H29N5O/c1-3-17-18(4-2)24-20-19(23-17)12-16(13-22-20)26-11-7-8-15(14-26)21(27)25-9-5-6-10-25/h12-13,15H,3-11,14H2,1-2H3/t15-/m0/s1. The zero-order chi connectivity index (χ0) is 18.8. The Hall–Kier alpha value is -2.24. The number of aryl methyl sites for hydroxylation is 2. The number of carbonyl (C=O) groups excluding carboxylic acids is 1. The molecule has 144 valence electrons. The van der Waals surface area contributed by atoms with E-state index in [1.807, 2.05) is 6.20 Å². The first kappa shape index (κ1) is 18.1. The number of carbonyl (C=O) groups is 1. The lowest BCUT2D eigenvalue weighted by atomic mass is 9.96. The van der Waals surface area contributed by atoms with E-state index in [-0.39, 0.29) is 5.92 Å². The summed E-state index contributed by atoms with van der Waals surface area (Å²) >= 11 is 0. The SMILES string of the molecule is CCc1nc2cc(N3CCC[C@H](C(=O)N4CCCC4)C3)cnc2nc1CC. The highest BCUT2D eigenvalue weighted by molar-refractivity contribution is 5.80. The Kier molecular flexibility index (Phi) is 5.23. The van der Waals surface area contributed by atoms with E-state index in [0.717, 1.165) is 92.9 Å². The monoisotopic (exact) mass is 367 g/mol. The predicted octanol–water partition coefficient (Wildman–Crippen LogP) is 2.99. The number of nitrogens with zero attached hydrogens (tertiary/aromatic N) is 5. The van der Waals surface area contributed by atoms with Gasteiger partial charge in [-0.1, -0.05) is 13.8 Å². The van der Waals surface area contributed by atoms with Gasteiger partial charge in [-0.05, 0) is 44.6 Å².